The van der Waals surface area contributed by atoms with Gasteiger partial charge in [0.1, 0.15) is 0 Å². The van der Waals surface area contributed by atoms with E-state index in [1.165, 1.54) is 17.7 Å². The number of hydrogen-bond donors (Lipinski definition) is 1. The van der Waals surface area contributed by atoms with Crippen LogP contribution in [0.15, 0.2) is 24.3 Å². The number of anilines is 1. The Morgan fingerprint density at radius 1 is 1.13 bits per heavy atom. The van der Waals surface area contributed by atoms with Gasteiger partial charge in [-0.2, -0.15) is 0 Å². The molecule has 0 saturated carbocycles. The molecular formula is C19H30N2O2. The molecule has 4 heteroatoms. The summed E-state index contributed by atoms with van der Waals surface area (Å²) in [5, 5.41) is 3.61. The summed E-state index contributed by atoms with van der Waals surface area (Å²) in [6.45, 7) is 11.1. The van der Waals surface area contributed by atoms with Gasteiger partial charge in [-0.3, -0.25) is 0 Å². The smallest absolute Gasteiger partial charge is 0.0642 e. The van der Waals surface area contributed by atoms with E-state index < -0.39 is 0 Å². The Kier molecular flexibility index (Phi) is 5.92. The van der Waals surface area contributed by atoms with Gasteiger partial charge in [0, 0.05) is 38.5 Å². The zero-order valence-electron chi connectivity index (χ0n) is 14.5. The van der Waals surface area contributed by atoms with Crippen LogP contribution in [-0.2, 0) is 16.0 Å². The van der Waals surface area contributed by atoms with Gasteiger partial charge in [-0.15, -0.1) is 0 Å². The van der Waals surface area contributed by atoms with Crippen molar-refractivity contribution in [2.45, 2.75) is 32.9 Å². The van der Waals surface area contributed by atoms with Crippen molar-refractivity contribution in [3.63, 3.8) is 0 Å². The van der Waals surface area contributed by atoms with Crippen LogP contribution in [0.3, 0.4) is 0 Å². The maximum absolute atomic E-state index is 5.86. The molecule has 1 aromatic rings. The van der Waals surface area contributed by atoms with Crippen LogP contribution in [0.5, 0.6) is 0 Å². The van der Waals surface area contributed by atoms with E-state index in [2.05, 4.69) is 48.3 Å². The normalized spacial score (nSPS) is 25.3. The maximum atomic E-state index is 5.86. The van der Waals surface area contributed by atoms with Gasteiger partial charge in [0.2, 0.25) is 0 Å². The van der Waals surface area contributed by atoms with Crippen molar-refractivity contribution in [2.24, 2.45) is 11.8 Å². The lowest BCUT2D eigenvalue weighted by atomic mass is 9.93. The van der Waals surface area contributed by atoms with Crippen molar-refractivity contribution in [3.05, 3.63) is 29.8 Å². The van der Waals surface area contributed by atoms with E-state index in [-0.39, 0.29) is 0 Å². The van der Waals surface area contributed by atoms with Crippen LogP contribution < -0.4 is 10.2 Å². The van der Waals surface area contributed by atoms with Gasteiger partial charge in [-0.1, -0.05) is 26.0 Å². The Morgan fingerprint density at radius 3 is 2.57 bits per heavy atom. The quantitative estimate of drug-likeness (QED) is 0.874. The molecule has 0 aromatic heterocycles. The molecule has 0 unspecified atom stereocenters. The molecule has 0 radical (unpaired) electrons. The zero-order chi connectivity index (χ0) is 16.1. The molecule has 1 aromatic carbocycles. The molecule has 2 saturated heterocycles. The fourth-order valence-electron chi connectivity index (χ4n) is 3.66. The molecule has 1 N–H and O–H groups in total. The Balaban J connectivity index is 1.45. The molecule has 2 atom stereocenters. The second kappa shape index (κ2) is 8.13. The lowest BCUT2D eigenvalue weighted by Crippen LogP contribution is -2.36. The predicted molar refractivity (Wildman–Crippen MR) is 93.9 cm³/mol. The van der Waals surface area contributed by atoms with Crippen molar-refractivity contribution in [3.8, 4) is 0 Å². The van der Waals surface area contributed by atoms with E-state index in [0.717, 1.165) is 46.0 Å². The number of morpholine rings is 1. The first-order valence-electron chi connectivity index (χ1n) is 8.98. The van der Waals surface area contributed by atoms with Crippen LogP contribution in [0.1, 0.15) is 25.8 Å². The van der Waals surface area contributed by atoms with Gasteiger partial charge in [-0.25, -0.2) is 0 Å². The molecule has 2 aliphatic rings. The van der Waals surface area contributed by atoms with Gasteiger partial charge in [0.15, 0.2) is 0 Å². The first-order valence-corrected chi connectivity index (χ1v) is 8.98. The third-order valence-corrected chi connectivity index (χ3v) is 4.97. The maximum Gasteiger partial charge on any atom is 0.0642 e. The minimum atomic E-state index is 0.422. The average molecular weight is 318 g/mol. The second-order valence-corrected chi connectivity index (χ2v) is 7.02. The number of rotatable bonds is 6. The van der Waals surface area contributed by atoms with Crippen LogP contribution >= 0.6 is 0 Å². The standard InChI is InChI=1S/C19H30N2O2/c1-15(2)19-17(7-10-23-19)14-20-13-16-3-5-18(6-4-16)21-8-11-22-12-9-21/h3-6,15,17,19-20H,7-14H2,1-2H3/t17-,19-/m1/s1. The highest BCUT2D eigenvalue weighted by molar-refractivity contribution is 5.47. The first kappa shape index (κ1) is 16.7. The first-order chi connectivity index (χ1) is 11.2. The molecule has 0 spiro atoms. The van der Waals surface area contributed by atoms with Crippen LogP contribution in [-0.4, -0.2) is 45.6 Å². The lowest BCUT2D eigenvalue weighted by molar-refractivity contribution is 0.0539. The lowest BCUT2D eigenvalue weighted by Gasteiger charge is -2.29. The van der Waals surface area contributed by atoms with Crippen molar-refractivity contribution in [1.82, 2.24) is 5.32 Å². The molecule has 0 bridgehead atoms. The fourth-order valence-corrected chi connectivity index (χ4v) is 3.66. The van der Waals surface area contributed by atoms with Crippen LogP contribution in [0.25, 0.3) is 0 Å². The molecule has 2 heterocycles. The predicted octanol–water partition coefficient (Wildman–Crippen LogP) is 2.67. The SMILES string of the molecule is CC(C)[C@H]1OCC[C@@H]1CNCc1ccc(N2CCOCC2)cc1. The number of benzene rings is 1. The molecule has 0 aliphatic carbocycles. The largest absolute Gasteiger partial charge is 0.378 e. The number of nitrogens with one attached hydrogen (secondary N) is 1. The Labute approximate surface area is 140 Å². The molecule has 0 amide bonds. The summed E-state index contributed by atoms with van der Waals surface area (Å²) < 4.78 is 11.3. The van der Waals surface area contributed by atoms with E-state index in [9.17, 15) is 0 Å². The second-order valence-electron chi connectivity index (χ2n) is 7.02. The molecular weight excluding hydrogens is 288 g/mol. The highest BCUT2D eigenvalue weighted by atomic mass is 16.5. The number of ether oxygens (including phenoxy) is 2. The van der Waals surface area contributed by atoms with Crippen LogP contribution in [0.4, 0.5) is 5.69 Å². The van der Waals surface area contributed by atoms with E-state index in [1.54, 1.807) is 0 Å². The minimum absolute atomic E-state index is 0.422. The number of hydrogen-bond acceptors (Lipinski definition) is 4. The van der Waals surface area contributed by atoms with Crippen molar-refractivity contribution in [2.75, 3.05) is 44.4 Å². The zero-order valence-corrected chi connectivity index (χ0v) is 14.5. The fraction of sp³-hybridized carbons (Fsp3) is 0.684. The van der Waals surface area contributed by atoms with Crippen molar-refractivity contribution in [1.29, 1.82) is 0 Å². The van der Waals surface area contributed by atoms with Crippen LogP contribution in [0, 0.1) is 11.8 Å². The molecule has 23 heavy (non-hydrogen) atoms. The summed E-state index contributed by atoms with van der Waals surface area (Å²) in [6.07, 6.45) is 1.61. The monoisotopic (exact) mass is 318 g/mol. The van der Waals surface area contributed by atoms with E-state index in [4.69, 9.17) is 9.47 Å². The topological polar surface area (TPSA) is 33.7 Å². The summed E-state index contributed by atoms with van der Waals surface area (Å²) >= 11 is 0. The Morgan fingerprint density at radius 2 is 1.87 bits per heavy atom. The van der Waals surface area contributed by atoms with Gasteiger partial charge >= 0.3 is 0 Å². The molecule has 3 rings (SSSR count). The summed E-state index contributed by atoms with van der Waals surface area (Å²) in [4.78, 5) is 2.39. The highest BCUT2D eigenvalue weighted by Gasteiger charge is 2.30. The molecule has 2 fully saturated rings. The third-order valence-electron chi connectivity index (χ3n) is 4.97. The van der Waals surface area contributed by atoms with Gasteiger partial charge in [0.05, 0.1) is 19.3 Å². The summed E-state index contributed by atoms with van der Waals surface area (Å²) in [5.41, 5.74) is 2.66. The molecule has 4 nitrogen and oxygen atoms in total. The van der Waals surface area contributed by atoms with Crippen molar-refractivity contribution < 1.29 is 9.47 Å². The molecule has 128 valence electrons. The average Bonchev–Trinajstić information content (AvgIpc) is 3.05. The van der Waals surface area contributed by atoms with Crippen molar-refractivity contribution >= 4 is 5.69 Å². The molecule has 2 aliphatic heterocycles. The van der Waals surface area contributed by atoms with Crippen LogP contribution in [0.2, 0.25) is 0 Å². The van der Waals surface area contributed by atoms with E-state index >= 15 is 0 Å². The highest BCUT2D eigenvalue weighted by Crippen LogP contribution is 2.26. The van der Waals surface area contributed by atoms with E-state index in [1.807, 2.05) is 0 Å². The van der Waals surface area contributed by atoms with Gasteiger partial charge in [-0.05, 0) is 36.0 Å². The van der Waals surface area contributed by atoms with Gasteiger partial charge < -0.3 is 19.7 Å². The Bertz CT molecular complexity index is 469. The number of nitrogens with zero attached hydrogens (tertiary/aromatic N) is 1. The summed E-state index contributed by atoms with van der Waals surface area (Å²) in [6, 6.07) is 8.95. The Hall–Kier alpha value is -1.10. The summed E-state index contributed by atoms with van der Waals surface area (Å²) in [5.74, 6) is 1.26. The third kappa shape index (κ3) is 4.46. The van der Waals surface area contributed by atoms with E-state index in [0.29, 0.717) is 17.9 Å². The summed E-state index contributed by atoms with van der Waals surface area (Å²) in [7, 11) is 0. The van der Waals surface area contributed by atoms with Gasteiger partial charge in [0.25, 0.3) is 0 Å². The minimum Gasteiger partial charge on any atom is -0.378 e.